The molecule has 1 amide bonds. The first-order valence-electron chi connectivity index (χ1n) is 7.95. The molecule has 4 rings (SSSR count). The van der Waals surface area contributed by atoms with E-state index in [1.807, 2.05) is 4.90 Å². The van der Waals surface area contributed by atoms with Gasteiger partial charge in [-0.3, -0.25) is 14.7 Å². The minimum atomic E-state index is -0.830. The first-order valence-corrected chi connectivity index (χ1v) is 8.74. The fourth-order valence-corrected chi connectivity index (χ4v) is 4.31. The van der Waals surface area contributed by atoms with E-state index in [0.29, 0.717) is 29.6 Å². The number of rotatable bonds is 3. The lowest BCUT2D eigenvalue weighted by molar-refractivity contribution is -0.130. The van der Waals surface area contributed by atoms with E-state index in [9.17, 15) is 14.3 Å². The third-order valence-corrected chi connectivity index (χ3v) is 5.72. The maximum Gasteiger partial charge on any atom is 0.240 e. The van der Waals surface area contributed by atoms with Crippen LogP contribution in [0.2, 0.25) is 0 Å². The van der Waals surface area contributed by atoms with Gasteiger partial charge in [0.15, 0.2) is 0 Å². The molecule has 132 valence electrons. The van der Waals surface area contributed by atoms with Crippen LogP contribution in [-0.2, 0) is 10.2 Å². The second-order valence-corrected chi connectivity index (χ2v) is 7.61. The highest BCUT2D eigenvalue weighted by Crippen LogP contribution is 2.49. The molecule has 3 heterocycles. The summed E-state index contributed by atoms with van der Waals surface area (Å²) in [6.45, 7) is 0.904. The van der Waals surface area contributed by atoms with Crippen molar-refractivity contribution in [3.63, 3.8) is 0 Å². The summed E-state index contributed by atoms with van der Waals surface area (Å²) in [4.78, 5) is 20.8. The number of carbonyl (C=O) groups excluding carboxylic acids is 1. The maximum absolute atomic E-state index is 13.9. The molecular weight excluding hydrogens is 393 g/mol. The molecule has 1 spiro atoms. The van der Waals surface area contributed by atoms with Crippen LogP contribution in [0.5, 0.6) is 0 Å². The highest BCUT2D eigenvalue weighted by atomic mass is 79.9. The molecule has 6 nitrogen and oxygen atoms in total. The van der Waals surface area contributed by atoms with Gasteiger partial charge in [-0.1, -0.05) is 0 Å². The number of carbonyl (C=O) groups is 1. The molecule has 2 aliphatic rings. The van der Waals surface area contributed by atoms with Gasteiger partial charge in [-0.2, -0.15) is 0 Å². The molecule has 8 heteroatoms. The quantitative estimate of drug-likeness (QED) is 0.791. The molecule has 25 heavy (non-hydrogen) atoms. The van der Waals surface area contributed by atoms with Crippen LogP contribution in [0.25, 0.3) is 10.9 Å². The minimum absolute atomic E-state index is 0.0213. The predicted octanol–water partition coefficient (Wildman–Crippen LogP) is 1.02. The zero-order chi connectivity index (χ0) is 17.9. The van der Waals surface area contributed by atoms with E-state index in [2.05, 4.69) is 20.9 Å². The zero-order valence-electron chi connectivity index (χ0n) is 13.5. The van der Waals surface area contributed by atoms with Crippen LogP contribution in [-0.4, -0.2) is 65.4 Å². The van der Waals surface area contributed by atoms with Crippen molar-refractivity contribution in [1.82, 2.24) is 9.88 Å². The molecule has 0 aliphatic carbocycles. The monoisotopic (exact) mass is 409 g/mol. The fourth-order valence-electron chi connectivity index (χ4n) is 3.97. The van der Waals surface area contributed by atoms with Gasteiger partial charge in [0.05, 0.1) is 34.6 Å². The Labute approximate surface area is 152 Å². The fraction of sp³-hybridized carbons (Fsp3) is 0.412. The van der Waals surface area contributed by atoms with Crippen molar-refractivity contribution < 1.29 is 19.4 Å². The summed E-state index contributed by atoms with van der Waals surface area (Å²) >= 11 is 3.21. The van der Waals surface area contributed by atoms with Crippen molar-refractivity contribution in [3.05, 3.63) is 34.2 Å². The SMILES string of the molecule is CN1C(=O)C2(CN(CC(O)CO)C2)c2c1cnc1cc(F)c(Br)cc21. The summed E-state index contributed by atoms with van der Waals surface area (Å²) in [5.74, 6) is -0.417. The molecule has 0 saturated carbocycles. The average Bonchev–Trinajstić information content (AvgIpc) is 2.78. The van der Waals surface area contributed by atoms with Crippen LogP contribution in [0.4, 0.5) is 10.1 Å². The third-order valence-electron chi connectivity index (χ3n) is 5.11. The molecule has 1 aromatic heterocycles. The molecule has 1 fully saturated rings. The lowest BCUT2D eigenvalue weighted by atomic mass is 9.73. The highest BCUT2D eigenvalue weighted by Gasteiger charge is 2.58. The van der Waals surface area contributed by atoms with Gasteiger partial charge in [-0.05, 0) is 22.0 Å². The van der Waals surface area contributed by atoms with E-state index < -0.39 is 17.3 Å². The van der Waals surface area contributed by atoms with E-state index in [1.165, 1.54) is 6.07 Å². The number of halogens is 2. The largest absolute Gasteiger partial charge is 0.394 e. The Bertz CT molecular complexity index is 885. The molecule has 0 radical (unpaired) electrons. The second kappa shape index (κ2) is 5.70. The topological polar surface area (TPSA) is 76.9 Å². The van der Waals surface area contributed by atoms with Crippen molar-refractivity contribution in [2.24, 2.45) is 0 Å². The Kier molecular flexibility index (Phi) is 3.84. The van der Waals surface area contributed by atoms with Gasteiger partial charge in [0.2, 0.25) is 5.91 Å². The summed E-state index contributed by atoms with van der Waals surface area (Å²) in [5.41, 5.74) is 1.40. The smallest absolute Gasteiger partial charge is 0.240 e. The Morgan fingerprint density at radius 3 is 2.84 bits per heavy atom. The Balaban J connectivity index is 1.81. The van der Waals surface area contributed by atoms with Gasteiger partial charge in [0.1, 0.15) is 11.2 Å². The molecule has 1 saturated heterocycles. The number of hydrogen-bond donors (Lipinski definition) is 2. The van der Waals surface area contributed by atoms with E-state index >= 15 is 0 Å². The molecular formula is C17H17BrFN3O3. The molecule has 1 atom stereocenters. The number of aliphatic hydroxyl groups excluding tert-OH is 2. The van der Waals surface area contributed by atoms with Crippen molar-refractivity contribution in [2.75, 3.05) is 38.2 Å². The van der Waals surface area contributed by atoms with E-state index in [1.54, 1.807) is 24.2 Å². The van der Waals surface area contributed by atoms with Crippen molar-refractivity contribution >= 4 is 38.4 Å². The first-order chi connectivity index (χ1) is 11.9. The molecule has 1 aromatic carbocycles. The van der Waals surface area contributed by atoms with Crippen LogP contribution in [0.3, 0.4) is 0 Å². The highest BCUT2D eigenvalue weighted by molar-refractivity contribution is 9.10. The van der Waals surface area contributed by atoms with Crippen LogP contribution < -0.4 is 4.90 Å². The van der Waals surface area contributed by atoms with E-state index in [0.717, 1.165) is 16.6 Å². The number of aromatic nitrogens is 1. The lowest BCUT2D eigenvalue weighted by Gasteiger charge is -2.47. The van der Waals surface area contributed by atoms with Gasteiger partial charge in [-0.25, -0.2) is 4.39 Å². The number of benzene rings is 1. The predicted molar refractivity (Wildman–Crippen MR) is 94.0 cm³/mol. The van der Waals surface area contributed by atoms with Crippen molar-refractivity contribution in [3.8, 4) is 0 Å². The van der Waals surface area contributed by atoms with Gasteiger partial charge in [-0.15, -0.1) is 0 Å². The number of β-amino-alcohol motifs (C(OH)–C–C–N with tert-alkyl or cyclic N) is 1. The van der Waals surface area contributed by atoms with Gasteiger partial charge in [0.25, 0.3) is 0 Å². The molecule has 2 aliphatic heterocycles. The number of likely N-dealkylation sites (tertiary alicyclic amines) is 1. The Morgan fingerprint density at radius 1 is 1.44 bits per heavy atom. The summed E-state index contributed by atoms with van der Waals surface area (Å²) in [6, 6.07) is 3.04. The van der Waals surface area contributed by atoms with Crippen LogP contribution >= 0.6 is 15.9 Å². The molecule has 2 N–H and O–H groups in total. The number of anilines is 1. The number of likely N-dealkylation sites (N-methyl/N-ethyl adjacent to an activating group) is 1. The van der Waals surface area contributed by atoms with E-state index in [-0.39, 0.29) is 12.5 Å². The number of fused-ring (bicyclic) bond motifs is 4. The number of aliphatic hydroxyl groups is 2. The van der Waals surface area contributed by atoms with Gasteiger partial charge >= 0.3 is 0 Å². The molecule has 0 bridgehead atoms. The van der Waals surface area contributed by atoms with Crippen LogP contribution in [0.15, 0.2) is 22.8 Å². The minimum Gasteiger partial charge on any atom is -0.394 e. The van der Waals surface area contributed by atoms with Crippen molar-refractivity contribution in [2.45, 2.75) is 11.5 Å². The maximum atomic E-state index is 13.9. The number of pyridine rings is 1. The van der Waals surface area contributed by atoms with Gasteiger partial charge in [0, 0.05) is 43.7 Å². The number of nitrogens with zero attached hydrogens (tertiary/aromatic N) is 3. The normalized spacial score (nSPS) is 20.2. The standard InChI is InChI=1S/C17H17BrFN3O3/c1-21-14-4-20-13-3-12(19)11(18)2-10(13)15(14)17(16(21)25)7-22(8-17)5-9(24)6-23/h2-4,9,23-24H,5-8H2,1H3. The Hall–Kier alpha value is -1.61. The number of amides is 1. The molecule has 2 aromatic rings. The lowest BCUT2D eigenvalue weighted by Crippen LogP contribution is -2.64. The van der Waals surface area contributed by atoms with Crippen molar-refractivity contribution in [1.29, 1.82) is 0 Å². The first kappa shape index (κ1) is 16.8. The van der Waals surface area contributed by atoms with Gasteiger partial charge < -0.3 is 15.1 Å². The van der Waals surface area contributed by atoms with E-state index in [4.69, 9.17) is 5.11 Å². The summed E-state index contributed by atoms with van der Waals surface area (Å²) in [7, 11) is 1.72. The number of hydrogen-bond acceptors (Lipinski definition) is 5. The Morgan fingerprint density at radius 2 is 2.16 bits per heavy atom. The summed E-state index contributed by atoms with van der Waals surface area (Å²) < 4.78 is 14.2. The molecule has 1 unspecified atom stereocenters. The summed E-state index contributed by atoms with van der Waals surface area (Å²) in [5, 5.41) is 19.4. The second-order valence-electron chi connectivity index (χ2n) is 6.75. The zero-order valence-corrected chi connectivity index (χ0v) is 15.1. The summed E-state index contributed by atoms with van der Waals surface area (Å²) in [6.07, 6.45) is 0.784. The average molecular weight is 410 g/mol. The van der Waals surface area contributed by atoms with Crippen LogP contribution in [0, 0.1) is 5.82 Å². The van der Waals surface area contributed by atoms with Crippen LogP contribution in [0.1, 0.15) is 5.56 Å². The third kappa shape index (κ3) is 2.32.